The van der Waals surface area contributed by atoms with Crippen LogP contribution in [-0.2, 0) is 41.6 Å². The molecule has 2 amide bonds. The summed E-state index contributed by atoms with van der Waals surface area (Å²) in [6, 6.07) is 15.5. The summed E-state index contributed by atoms with van der Waals surface area (Å²) in [5.41, 5.74) is 4.06. The van der Waals surface area contributed by atoms with Crippen LogP contribution in [-0.4, -0.2) is 34.9 Å². The molecule has 2 N–H and O–H groups in total. The Labute approximate surface area is 292 Å². The molecule has 2 aromatic carbocycles. The number of carbonyl (C=O) groups is 6. The van der Waals surface area contributed by atoms with Gasteiger partial charge < -0.3 is 15.4 Å². The van der Waals surface area contributed by atoms with Gasteiger partial charge in [-0.15, -0.1) is 0 Å². The number of aryl methyl sites for hydroxylation is 2. The molecule has 1 unspecified atom stereocenters. The van der Waals surface area contributed by atoms with Crippen LogP contribution < -0.4 is 10.6 Å². The maximum absolute atomic E-state index is 11.5. The second-order valence-electron chi connectivity index (χ2n) is 11.1. The van der Waals surface area contributed by atoms with Crippen LogP contribution in [0.5, 0.6) is 0 Å². The van der Waals surface area contributed by atoms with E-state index in [1.165, 1.54) is 11.1 Å². The molecular weight excluding hydrogens is 604 g/mol. The maximum Gasteiger partial charge on any atom is 0.224 e. The molecule has 0 saturated carbocycles. The fourth-order valence-electron chi connectivity index (χ4n) is 4.05. The molecule has 48 heavy (non-hydrogen) atoms. The Morgan fingerprint density at radius 1 is 0.521 bits per heavy atom. The highest BCUT2D eigenvalue weighted by molar-refractivity contribution is 5.94. The van der Waals surface area contributed by atoms with Crippen molar-refractivity contribution in [3.63, 3.8) is 0 Å². The Kier molecular flexibility index (Phi) is 32.2. The summed E-state index contributed by atoms with van der Waals surface area (Å²) >= 11 is 0. The van der Waals surface area contributed by atoms with Crippen molar-refractivity contribution in [1.82, 2.24) is 0 Å². The van der Waals surface area contributed by atoms with Gasteiger partial charge in [0.15, 0.2) is 0 Å². The molecule has 0 fully saturated rings. The molecule has 0 bridgehead atoms. The lowest BCUT2D eigenvalue weighted by Gasteiger charge is -2.05. The number of rotatable bonds is 17. The van der Waals surface area contributed by atoms with Crippen LogP contribution in [0.15, 0.2) is 48.5 Å². The summed E-state index contributed by atoms with van der Waals surface area (Å²) in [5.74, 6) is 0.690. The van der Waals surface area contributed by atoms with E-state index in [4.69, 9.17) is 0 Å². The van der Waals surface area contributed by atoms with Gasteiger partial charge in [-0.25, -0.2) is 0 Å². The van der Waals surface area contributed by atoms with Crippen molar-refractivity contribution in [3.8, 4) is 0 Å². The van der Waals surface area contributed by atoms with E-state index in [2.05, 4.69) is 24.5 Å². The van der Waals surface area contributed by atoms with Gasteiger partial charge in [0.1, 0.15) is 23.1 Å². The minimum Gasteiger partial charge on any atom is -0.326 e. The van der Waals surface area contributed by atoms with E-state index in [9.17, 15) is 28.8 Å². The van der Waals surface area contributed by atoms with Crippen LogP contribution in [0.2, 0.25) is 0 Å². The summed E-state index contributed by atoms with van der Waals surface area (Å²) in [5, 5.41) is 5.56. The van der Waals surface area contributed by atoms with Crippen molar-refractivity contribution >= 4 is 46.3 Å². The Balaban J connectivity index is -0.000000301. The zero-order valence-electron chi connectivity index (χ0n) is 28.4. The molecule has 0 aliphatic carbocycles. The standard InChI is InChI=1S/2C14H19NO2.C9H16O2.3CH4/c2*1-3-11-5-7-12(8-6-11)15-14(17)10-9-13(16)4-2;1-4-9(11)6-7(2)5-8(3)10;;;/h2*5-8H,3-4,9-10H2,1-2H3,(H,15,17);7H,4-6H2,1-3H3;3*1H4. The van der Waals surface area contributed by atoms with E-state index in [1.54, 1.807) is 6.92 Å². The summed E-state index contributed by atoms with van der Waals surface area (Å²) in [6.45, 7) is 13.1. The monoisotopic (exact) mass is 670 g/mol. The van der Waals surface area contributed by atoms with Gasteiger partial charge in [0.2, 0.25) is 11.8 Å². The molecule has 0 spiro atoms. The van der Waals surface area contributed by atoms with Crippen LogP contribution in [0.3, 0.4) is 0 Å². The minimum atomic E-state index is -0.101. The third-order valence-corrected chi connectivity index (χ3v) is 6.95. The van der Waals surface area contributed by atoms with Crippen molar-refractivity contribution in [2.75, 3.05) is 10.6 Å². The van der Waals surface area contributed by atoms with Crippen LogP contribution in [0, 0.1) is 5.92 Å². The first-order chi connectivity index (χ1) is 21.4. The molecular formula is C40H66N2O6. The molecule has 0 heterocycles. The Hall–Kier alpha value is -3.94. The smallest absolute Gasteiger partial charge is 0.224 e. The molecule has 0 aliphatic rings. The average molecular weight is 671 g/mol. The zero-order chi connectivity index (χ0) is 34.2. The SMILES string of the molecule is C.C.C.CCC(=O)CC(C)CC(C)=O.CCC(=O)CCC(=O)Nc1ccc(CC)cc1.CCC(=O)CCC(=O)Nc1ccc(CC)cc1. The Bertz CT molecular complexity index is 1130. The van der Waals surface area contributed by atoms with E-state index < -0.39 is 0 Å². The van der Waals surface area contributed by atoms with Gasteiger partial charge in [-0.1, -0.05) is 88.1 Å². The number of anilines is 2. The highest BCUT2D eigenvalue weighted by Crippen LogP contribution is 2.12. The third kappa shape index (κ3) is 26.2. The predicted molar refractivity (Wildman–Crippen MR) is 203 cm³/mol. The largest absolute Gasteiger partial charge is 0.326 e. The van der Waals surface area contributed by atoms with Crippen molar-refractivity contribution in [1.29, 1.82) is 0 Å². The molecule has 0 radical (unpaired) electrons. The van der Waals surface area contributed by atoms with Gasteiger partial charge in [-0.05, 0) is 61.1 Å². The lowest BCUT2D eigenvalue weighted by molar-refractivity contribution is -0.122. The number of amides is 2. The highest BCUT2D eigenvalue weighted by Gasteiger charge is 2.09. The molecule has 8 nitrogen and oxygen atoms in total. The molecule has 0 aromatic heterocycles. The van der Waals surface area contributed by atoms with Crippen LogP contribution in [0.4, 0.5) is 11.4 Å². The van der Waals surface area contributed by atoms with Crippen LogP contribution in [0.25, 0.3) is 0 Å². The van der Waals surface area contributed by atoms with E-state index in [-0.39, 0.29) is 76.0 Å². The Morgan fingerprint density at radius 3 is 1.12 bits per heavy atom. The second-order valence-corrected chi connectivity index (χ2v) is 11.1. The molecule has 1 atom stereocenters. The molecule has 2 rings (SSSR count). The lowest BCUT2D eigenvalue weighted by atomic mass is 9.98. The highest BCUT2D eigenvalue weighted by atomic mass is 16.2. The van der Waals surface area contributed by atoms with Crippen LogP contribution >= 0.6 is 0 Å². The number of ketones is 4. The van der Waals surface area contributed by atoms with Gasteiger partial charge >= 0.3 is 0 Å². The number of Topliss-reactive ketones (excluding diaryl/α,β-unsaturated/α-hetero) is 4. The van der Waals surface area contributed by atoms with Crippen molar-refractivity contribution in [3.05, 3.63) is 59.7 Å². The second kappa shape index (κ2) is 30.4. The summed E-state index contributed by atoms with van der Waals surface area (Å²) in [4.78, 5) is 66.7. The first-order valence-electron chi connectivity index (χ1n) is 16.2. The van der Waals surface area contributed by atoms with Gasteiger partial charge in [0.05, 0.1) is 0 Å². The molecule has 272 valence electrons. The number of hydrogen-bond donors (Lipinski definition) is 2. The van der Waals surface area contributed by atoms with Crippen molar-refractivity contribution in [2.45, 2.75) is 141 Å². The van der Waals surface area contributed by atoms with Gasteiger partial charge in [0, 0.05) is 69.2 Å². The first kappa shape index (κ1) is 50.9. The normalized spacial score (nSPS) is 9.98. The lowest BCUT2D eigenvalue weighted by Crippen LogP contribution is -2.13. The van der Waals surface area contributed by atoms with E-state index in [0.29, 0.717) is 44.9 Å². The number of nitrogens with one attached hydrogen (secondary N) is 2. The van der Waals surface area contributed by atoms with Crippen molar-refractivity contribution < 1.29 is 28.8 Å². The number of carbonyl (C=O) groups excluding carboxylic acids is 6. The van der Waals surface area contributed by atoms with Crippen molar-refractivity contribution in [2.24, 2.45) is 5.92 Å². The number of benzene rings is 2. The van der Waals surface area contributed by atoms with Crippen LogP contribution in [0.1, 0.15) is 140 Å². The number of hydrogen-bond acceptors (Lipinski definition) is 6. The molecule has 2 aromatic rings. The fourth-order valence-corrected chi connectivity index (χ4v) is 4.05. The molecule has 0 aliphatic heterocycles. The summed E-state index contributed by atoms with van der Waals surface area (Å²) < 4.78 is 0. The molecule has 8 heteroatoms. The minimum absolute atomic E-state index is 0. The first-order valence-corrected chi connectivity index (χ1v) is 16.2. The third-order valence-electron chi connectivity index (χ3n) is 6.95. The molecule has 0 saturated heterocycles. The van der Waals surface area contributed by atoms with Gasteiger partial charge in [-0.3, -0.25) is 24.0 Å². The zero-order valence-corrected chi connectivity index (χ0v) is 28.4. The quantitative estimate of drug-likeness (QED) is 0.173. The predicted octanol–water partition coefficient (Wildman–Crippen LogP) is 9.77. The maximum atomic E-state index is 11.5. The van der Waals surface area contributed by atoms with E-state index in [0.717, 1.165) is 24.2 Å². The Morgan fingerprint density at radius 2 is 0.854 bits per heavy atom. The van der Waals surface area contributed by atoms with E-state index in [1.807, 2.05) is 76.2 Å². The summed E-state index contributed by atoms with van der Waals surface area (Å²) in [7, 11) is 0. The van der Waals surface area contributed by atoms with E-state index >= 15 is 0 Å². The van der Waals surface area contributed by atoms with Gasteiger partial charge in [0.25, 0.3) is 0 Å². The van der Waals surface area contributed by atoms with Gasteiger partial charge in [-0.2, -0.15) is 0 Å². The fraction of sp³-hybridized carbons (Fsp3) is 0.550. The summed E-state index contributed by atoms with van der Waals surface area (Å²) in [6.07, 6.45) is 5.83. The topological polar surface area (TPSA) is 126 Å². The average Bonchev–Trinajstić information content (AvgIpc) is 3.03.